The number of rotatable bonds is 2. The van der Waals surface area contributed by atoms with E-state index in [0.29, 0.717) is 5.78 Å². The average Bonchev–Trinajstić information content (AvgIpc) is 2.84. The van der Waals surface area contributed by atoms with E-state index >= 15 is 0 Å². The molecule has 3 aromatic carbocycles. The summed E-state index contributed by atoms with van der Waals surface area (Å²) in [6, 6.07) is 22.9. The average molecular weight is 272 g/mol. The third-order valence-corrected chi connectivity index (χ3v) is 4.42. The van der Waals surface area contributed by atoms with Gasteiger partial charge in [-0.2, -0.15) is 0 Å². The molecule has 0 N–H and O–H groups in total. The van der Waals surface area contributed by atoms with Gasteiger partial charge in [0.05, 0.1) is 0 Å². The Labute approximate surface area is 124 Å². The van der Waals surface area contributed by atoms with Gasteiger partial charge in [-0.3, -0.25) is 4.79 Å². The highest BCUT2D eigenvalue weighted by Crippen LogP contribution is 2.29. The van der Waals surface area contributed by atoms with E-state index in [0.717, 1.165) is 18.4 Å². The topological polar surface area (TPSA) is 17.1 Å². The second-order valence-corrected chi connectivity index (χ2v) is 5.81. The van der Waals surface area contributed by atoms with E-state index in [4.69, 9.17) is 0 Å². The number of carbonyl (C=O) groups excluding carboxylic acids is 1. The molecule has 0 aliphatic heterocycles. The van der Waals surface area contributed by atoms with Crippen LogP contribution in [0.3, 0.4) is 0 Å². The molecule has 1 aliphatic rings. The molecule has 1 heteroatoms. The van der Waals surface area contributed by atoms with Crippen LogP contribution in [0.1, 0.15) is 21.5 Å². The van der Waals surface area contributed by atoms with Crippen molar-refractivity contribution in [1.29, 1.82) is 0 Å². The molecule has 0 spiro atoms. The van der Waals surface area contributed by atoms with Crippen LogP contribution >= 0.6 is 0 Å². The maximum atomic E-state index is 12.5. The van der Waals surface area contributed by atoms with E-state index in [9.17, 15) is 4.79 Å². The van der Waals surface area contributed by atoms with Crippen LogP contribution in [0.4, 0.5) is 0 Å². The van der Waals surface area contributed by atoms with E-state index in [-0.39, 0.29) is 5.92 Å². The van der Waals surface area contributed by atoms with Gasteiger partial charge in [-0.1, -0.05) is 66.7 Å². The summed E-state index contributed by atoms with van der Waals surface area (Å²) in [5, 5.41) is 2.50. The Kier molecular flexibility index (Phi) is 2.85. The standard InChI is InChI=1S/C20H16O/c21-20-18(13-17-7-3-4-8-19(17)20)12-14-9-10-15-5-1-2-6-16(15)11-14/h1-11,18H,12-13H2. The second-order valence-electron chi connectivity index (χ2n) is 5.81. The van der Waals surface area contributed by atoms with Crippen molar-refractivity contribution in [3.63, 3.8) is 0 Å². The Balaban J connectivity index is 1.63. The molecule has 0 fully saturated rings. The molecule has 0 bridgehead atoms. The van der Waals surface area contributed by atoms with E-state index in [1.165, 1.54) is 21.9 Å². The fourth-order valence-electron chi connectivity index (χ4n) is 3.33. The Hall–Kier alpha value is -2.41. The smallest absolute Gasteiger partial charge is 0.166 e. The van der Waals surface area contributed by atoms with E-state index in [1.54, 1.807) is 0 Å². The molecule has 1 aliphatic carbocycles. The normalized spacial score (nSPS) is 17.1. The van der Waals surface area contributed by atoms with Crippen molar-refractivity contribution >= 4 is 16.6 Å². The number of Topliss-reactive ketones (excluding diaryl/α,β-unsaturated/α-hetero) is 1. The molecule has 0 amide bonds. The Morgan fingerprint density at radius 3 is 2.48 bits per heavy atom. The number of benzene rings is 3. The summed E-state index contributed by atoms with van der Waals surface area (Å²) in [5.74, 6) is 0.405. The minimum atomic E-state index is 0.101. The van der Waals surface area contributed by atoms with Crippen LogP contribution in [-0.2, 0) is 12.8 Å². The van der Waals surface area contributed by atoms with Crippen LogP contribution in [0, 0.1) is 5.92 Å². The number of hydrogen-bond acceptors (Lipinski definition) is 1. The maximum Gasteiger partial charge on any atom is 0.166 e. The first-order valence-corrected chi connectivity index (χ1v) is 7.41. The van der Waals surface area contributed by atoms with Crippen LogP contribution in [0.15, 0.2) is 66.7 Å². The van der Waals surface area contributed by atoms with E-state index in [2.05, 4.69) is 48.5 Å². The number of hydrogen-bond donors (Lipinski definition) is 0. The monoisotopic (exact) mass is 272 g/mol. The minimum absolute atomic E-state index is 0.101. The summed E-state index contributed by atoms with van der Waals surface area (Å²) in [6.07, 6.45) is 1.71. The zero-order valence-electron chi connectivity index (χ0n) is 11.8. The van der Waals surface area contributed by atoms with Crippen LogP contribution in [0.5, 0.6) is 0 Å². The van der Waals surface area contributed by atoms with Crippen molar-refractivity contribution in [2.24, 2.45) is 5.92 Å². The molecule has 102 valence electrons. The number of carbonyl (C=O) groups is 1. The molecule has 4 rings (SSSR count). The zero-order chi connectivity index (χ0) is 14.2. The highest BCUT2D eigenvalue weighted by atomic mass is 16.1. The van der Waals surface area contributed by atoms with Gasteiger partial charge in [-0.05, 0) is 34.7 Å². The molecule has 1 unspecified atom stereocenters. The molecule has 3 aromatic rings. The third-order valence-electron chi connectivity index (χ3n) is 4.42. The van der Waals surface area contributed by atoms with Crippen LogP contribution in [0.25, 0.3) is 10.8 Å². The summed E-state index contributed by atoms with van der Waals surface area (Å²) in [7, 11) is 0. The van der Waals surface area contributed by atoms with E-state index < -0.39 is 0 Å². The Morgan fingerprint density at radius 1 is 0.857 bits per heavy atom. The summed E-state index contributed by atoms with van der Waals surface area (Å²) in [5.41, 5.74) is 3.37. The highest BCUT2D eigenvalue weighted by molar-refractivity contribution is 6.02. The van der Waals surface area contributed by atoms with Gasteiger partial charge < -0.3 is 0 Å². The molecule has 0 saturated heterocycles. The summed E-state index contributed by atoms with van der Waals surface area (Å²) >= 11 is 0. The highest BCUT2D eigenvalue weighted by Gasteiger charge is 2.29. The molecule has 0 radical (unpaired) electrons. The third kappa shape index (κ3) is 2.15. The van der Waals surface area contributed by atoms with Crippen molar-refractivity contribution in [3.05, 3.63) is 83.4 Å². The van der Waals surface area contributed by atoms with Crippen molar-refractivity contribution in [2.75, 3.05) is 0 Å². The molecule has 1 nitrogen and oxygen atoms in total. The zero-order valence-corrected chi connectivity index (χ0v) is 11.8. The van der Waals surface area contributed by atoms with Crippen molar-refractivity contribution in [2.45, 2.75) is 12.8 Å². The van der Waals surface area contributed by atoms with Crippen LogP contribution in [0.2, 0.25) is 0 Å². The fourth-order valence-corrected chi connectivity index (χ4v) is 3.33. The molecule has 0 heterocycles. The first-order valence-electron chi connectivity index (χ1n) is 7.41. The van der Waals surface area contributed by atoms with Crippen LogP contribution in [-0.4, -0.2) is 5.78 Å². The lowest BCUT2D eigenvalue weighted by Crippen LogP contribution is -2.12. The lowest BCUT2D eigenvalue weighted by atomic mass is 9.94. The largest absolute Gasteiger partial charge is 0.294 e. The van der Waals surface area contributed by atoms with E-state index in [1.807, 2.05) is 18.2 Å². The van der Waals surface area contributed by atoms with Gasteiger partial charge in [0.1, 0.15) is 0 Å². The van der Waals surface area contributed by atoms with Gasteiger partial charge in [-0.15, -0.1) is 0 Å². The van der Waals surface area contributed by atoms with Gasteiger partial charge in [0.25, 0.3) is 0 Å². The summed E-state index contributed by atoms with van der Waals surface area (Å²) in [4.78, 5) is 12.5. The Bertz CT molecular complexity index is 832. The van der Waals surface area contributed by atoms with Crippen molar-refractivity contribution in [3.8, 4) is 0 Å². The number of ketones is 1. The molecular formula is C20H16O. The SMILES string of the molecule is O=C1c2ccccc2CC1Cc1ccc2ccccc2c1. The van der Waals surface area contributed by atoms with Gasteiger partial charge in [0, 0.05) is 11.5 Å². The predicted molar refractivity (Wildman–Crippen MR) is 85.6 cm³/mol. The maximum absolute atomic E-state index is 12.5. The second kappa shape index (κ2) is 4.85. The quantitative estimate of drug-likeness (QED) is 0.674. The lowest BCUT2D eigenvalue weighted by molar-refractivity contribution is 0.0936. The van der Waals surface area contributed by atoms with Gasteiger partial charge >= 0.3 is 0 Å². The molecule has 21 heavy (non-hydrogen) atoms. The molecule has 1 atom stereocenters. The molecular weight excluding hydrogens is 256 g/mol. The first kappa shape index (κ1) is 12.3. The number of fused-ring (bicyclic) bond motifs is 2. The predicted octanol–water partition coefficient (Wildman–Crippen LogP) is 4.44. The van der Waals surface area contributed by atoms with Crippen molar-refractivity contribution in [1.82, 2.24) is 0 Å². The van der Waals surface area contributed by atoms with Gasteiger partial charge in [-0.25, -0.2) is 0 Å². The fraction of sp³-hybridized carbons (Fsp3) is 0.150. The van der Waals surface area contributed by atoms with Gasteiger partial charge in [0.2, 0.25) is 0 Å². The molecule has 0 saturated carbocycles. The summed E-state index contributed by atoms with van der Waals surface area (Å²) < 4.78 is 0. The lowest BCUT2D eigenvalue weighted by Gasteiger charge is -2.09. The minimum Gasteiger partial charge on any atom is -0.294 e. The first-order chi connectivity index (χ1) is 10.3. The summed E-state index contributed by atoms with van der Waals surface area (Å²) in [6.45, 7) is 0. The van der Waals surface area contributed by atoms with Gasteiger partial charge in [0.15, 0.2) is 5.78 Å². The van der Waals surface area contributed by atoms with Crippen LogP contribution < -0.4 is 0 Å². The van der Waals surface area contributed by atoms with Crippen molar-refractivity contribution < 1.29 is 4.79 Å². The Morgan fingerprint density at radius 2 is 1.62 bits per heavy atom. The molecule has 0 aromatic heterocycles.